The highest BCUT2D eigenvalue weighted by Gasteiger charge is 2.20. The molecule has 0 fully saturated rings. The van der Waals surface area contributed by atoms with Gasteiger partial charge in [-0.15, -0.1) is 22.7 Å². The summed E-state index contributed by atoms with van der Waals surface area (Å²) >= 11 is 3.03. The van der Waals surface area contributed by atoms with Gasteiger partial charge in [0.25, 0.3) is 5.91 Å². The Morgan fingerprint density at radius 3 is 2.84 bits per heavy atom. The van der Waals surface area contributed by atoms with Crippen LogP contribution < -0.4 is 10.6 Å². The second-order valence-corrected chi connectivity index (χ2v) is 9.35. The van der Waals surface area contributed by atoms with Crippen molar-refractivity contribution in [3.63, 3.8) is 0 Å². The summed E-state index contributed by atoms with van der Waals surface area (Å²) in [5.74, 6) is 0.633. The minimum Gasteiger partial charge on any atom is -0.359 e. The van der Waals surface area contributed by atoms with Gasteiger partial charge in [-0.25, -0.2) is 4.98 Å². The monoisotopic (exact) mass is 467 g/mol. The Hall–Kier alpha value is -3.04. The van der Waals surface area contributed by atoms with Crippen LogP contribution in [0.4, 0.5) is 0 Å². The van der Waals surface area contributed by atoms with Gasteiger partial charge in [-0.3, -0.25) is 14.6 Å². The van der Waals surface area contributed by atoms with Gasteiger partial charge in [-0.2, -0.15) is 0 Å². The van der Waals surface area contributed by atoms with E-state index in [1.807, 2.05) is 6.20 Å². The molecule has 0 unspecified atom stereocenters. The molecular weight excluding hydrogens is 442 g/mol. The summed E-state index contributed by atoms with van der Waals surface area (Å²) in [6, 6.07) is 8.21. The Morgan fingerprint density at radius 2 is 2.03 bits per heavy atom. The van der Waals surface area contributed by atoms with Crippen molar-refractivity contribution in [3.8, 4) is 11.3 Å². The van der Waals surface area contributed by atoms with Gasteiger partial charge in [0.1, 0.15) is 10.7 Å². The molecule has 0 saturated carbocycles. The SMILES string of the molecule is CNC(=O)CCCCC[C@H](NC(=O)c1cncs1)c1ncc(-c2ccc3sccc3c2)[nH]1. The van der Waals surface area contributed by atoms with Crippen molar-refractivity contribution >= 4 is 44.6 Å². The summed E-state index contributed by atoms with van der Waals surface area (Å²) in [5, 5.41) is 9.03. The van der Waals surface area contributed by atoms with Crippen molar-refractivity contribution in [2.75, 3.05) is 7.05 Å². The van der Waals surface area contributed by atoms with E-state index < -0.39 is 0 Å². The highest BCUT2D eigenvalue weighted by molar-refractivity contribution is 7.17. The van der Waals surface area contributed by atoms with Crippen LogP contribution in [-0.4, -0.2) is 33.8 Å². The van der Waals surface area contributed by atoms with Gasteiger partial charge in [0.05, 0.1) is 29.6 Å². The number of benzene rings is 1. The second-order valence-electron chi connectivity index (χ2n) is 7.52. The van der Waals surface area contributed by atoms with Gasteiger partial charge in [-0.1, -0.05) is 18.9 Å². The van der Waals surface area contributed by atoms with Crippen LogP contribution in [0, 0.1) is 0 Å². The van der Waals surface area contributed by atoms with Gasteiger partial charge < -0.3 is 15.6 Å². The van der Waals surface area contributed by atoms with E-state index >= 15 is 0 Å². The highest BCUT2D eigenvalue weighted by atomic mass is 32.1. The van der Waals surface area contributed by atoms with E-state index in [0.717, 1.165) is 42.8 Å². The normalized spacial score (nSPS) is 12.0. The summed E-state index contributed by atoms with van der Waals surface area (Å²) in [5.41, 5.74) is 3.63. The standard InChI is InChI=1S/C23H25N5O2S2/c1-24-21(29)6-4-2-3-5-17(28-23(30)20-13-25-14-32-20)22-26-12-18(27-22)15-7-8-19-16(11-15)9-10-31-19/h7-14,17H,2-6H2,1H3,(H,24,29)(H,26,27)(H,28,30)/t17-/m0/s1. The first-order chi connectivity index (χ1) is 15.6. The summed E-state index contributed by atoms with van der Waals surface area (Å²) in [6.07, 6.45) is 7.24. The fourth-order valence-corrected chi connectivity index (χ4v) is 4.86. The topological polar surface area (TPSA) is 99.8 Å². The number of thiazole rings is 1. The van der Waals surface area contributed by atoms with Crippen LogP contribution in [0.5, 0.6) is 0 Å². The van der Waals surface area contributed by atoms with E-state index in [1.54, 1.807) is 30.1 Å². The fourth-order valence-electron chi connectivity index (χ4n) is 3.56. The van der Waals surface area contributed by atoms with E-state index in [2.05, 4.69) is 55.2 Å². The first-order valence-corrected chi connectivity index (χ1v) is 12.3. The zero-order valence-electron chi connectivity index (χ0n) is 17.8. The predicted molar refractivity (Wildman–Crippen MR) is 129 cm³/mol. The molecule has 0 spiro atoms. The Morgan fingerprint density at radius 1 is 1.12 bits per heavy atom. The first-order valence-electron chi connectivity index (χ1n) is 10.6. The van der Waals surface area contributed by atoms with Crippen LogP contribution in [-0.2, 0) is 4.79 Å². The van der Waals surface area contributed by atoms with Crippen LogP contribution in [0.3, 0.4) is 0 Å². The van der Waals surface area contributed by atoms with Crippen LogP contribution in [0.1, 0.15) is 53.6 Å². The lowest BCUT2D eigenvalue weighted by atomic mass is 10.1. The van der Waals surface area contributed by atoms with E-state index in [0.29, 0.717) is 11.3 Å². The molecule has 166 valence electrons. The van der Waals surface area contributed by atoms with Crippen LogP contribution in [0.15, 0.2) is 47.5 Å². The number of amides is 2. The number of thiophene rings is 1. The number of carbonyl (C=O) groups excluding carboxylic acids is 2. The molecule has 7 nitrogen and oxygen atoms in total. The Labute approximate surface area is 194 Å². The molecule has 4 aromatic rings. The Bertz CT molecular complexity index is 1180. The van der Waals surface area contributed by atoms with E-state index in [-0.39, 0.29) is 17.9 Å². The largest absolute Gasteiger partial charge is 0.359 e. The third-order valence-electron chi connectivity index (χ3n) is 5.33. The number of H-pyrrole nitrogens is 1. The minimum atomic E-state index is -0.247. The lowest BCUT2D eigenvalue weighted by Crippen LogP contribution is -2.28. The number of nitrogens with zero attached hydrogens (tertiary/aromatic N) is 2. The average Bonchev–Trinajstić information content (AvgIpc) is 3.58. The smallest absolute Gasteiger partial charge is 0.263 e. The van der Waals surface area contributed by atoms with Crippen LogP contribution >= 0.6 is 22.7 Å². The number of nitrogens with one attached hydrogen (secondary N) is 3. The molecule has 1 atom stereocenters. The molecule has 0 aliphatic carbocycles. The van der Waals surface area contributed by atoms with Crippen molar-refractivity contribution in [3.05, 3.63) is 58.3 Å². The molecule has 3 aromatic heterocycles. The molecule has 0 saturated heterocycles. The van der Waals surface area contributed by atoms with Crippen molar-refractivity contribution < 1.29 is 9.59 Å². The molecule has 0 aliphatic rings. The lowest BCUT2D eigenvalue weighted by Gasteiger charge is -2.16. The van der Waals surface area contributed by atoms with Crippen molar-refractivity contribution in [1.29, 1.82) is 0 Å². The summed E-state index contributed by atoms with van der Waals surface area (Å²) < 4.78 is 1.25. The first kappa shape index (κ1) is 22.2. The van der Waals surface area contributed by atoms with Gasteiger partial charge in [0, 0.05) is 23.7 Å². The molecule has 0 bridgehead atoms. The molecule has 4 rings (SSSR count). The minimum absolute atomic E-state index is 0.0540. The second kappa shape index (κ2) is 10.5. The maximum absolute atomic E-state index is 12.7. The van der Waals surface area contributed by atoms with Crippen molar-refractivity contribution in [2.24, 2.45) is 0 Å². The highest BCUT2D eigenvalue weighted by Crippen LogP contribution is 2.28. The zero-order chi connectivity index (χ0) is 22.3. The number of aromatic nitrogens is 3. The number of aromatic amines is 1. The van der Waals surface area contributed by atoms with E-state index in [4.69, 9.17) is 0 Å². The number of rotatable bonds is 10. The molecule has 0 aliphatic heterocycles. The van der Waals surface area contributed by atoms with Crippen molar-refractivity contribution in [2.45, 2.75) is 38.1 Å². The lowest BCUT2D eigenvalue weighted by molar-refractivity contribution is -0.120. The predicted octanol–water partition coefficient (Wildman–Crippen LogP) is 4.92. The number of fused-ring (bicyclic) bond motifs is 1. The van der Waals surface area contributed by atoms with E-state index in [1.165, 1.54) is 21.4 Å². The maximum Gasteiger partial charge on any atom is 0.263 e. The summed E-state index contributed by atoms with van der Waals surface area (Å²) in [6.45, 7) is 0. The van der Waals surface area contributed by atoms with Gasteiger partial charge in [0.2, 0.25) is 5.91 Å². The molecule has 0 radical (unpaired) electrons. The number of hydrogen-bond acceptors (Lipinski definition) is 6. The molecule has 32 heavy (non-hydrogen) atoms. The summed E-state index contributed by atoms with van der Waals surface area (Å²) in [4.78, 5) is 36.7. The van der Waals surface area contributed by atoms with Gasteiger partial charge in [0.15, 0.2) is 0 Å². The number of carbonyl (C=O) groups is 2. The third-order valence-corrected chi connectivity index (χ3v) is 7.00. The maximum atomic E-state index is 12.7. The number of hydrogen-bond donors (Lipinski definition) is 3. The van der Waals surface area contributed by atoms with E-state index in [9.17, 15) is 9.59 Å². The third kappa shape index (κ3) is 5.41. The molecule has 3 heterocycles. The Balaban J connectivity index is 1.47. The van der Waals surface area contributed by atoms with Crippen LogP contribution in [0.2, 0.25) is 0 Å². The average molecular weight is 468 g/mol. The van der Waals surface area contributed by atoms with Gasteiger partial charge in [-0.05, 0) is 41.8 Å². The quantitative estimate of drug-likeness (QED) is 0.288. The molecule has 2 amide bonds. The number of imidazole rings is 1. The summed E-state index contributed by atoms with van der Waals surface area (Å²) in [7, 11) is 1.65. The zero-order valence-corrected chi connectivity index (χ0v) is 19.4. The number of unbranched alkanes of at least 4 members (excludes halogenated alkanes) is 2. The molecule has 3 N–H and O–H groups in total. The van der Waals surface area contributed by atoms with Gasteiger partial charge >= 0.3 is 0 Å². The van der Waals surface area contributed by atoms with Crippen LogP contribution in [0.25, 0.3) is 21.3 Å². The molecule has 9 heteroatoms. The molecular formula is C23H25N5O2S2. The fraction of sp³-hybridized carbons (Fsp3) is 0.304. The van der Waals surface area contributed by atoms with Crippen molar-refractivity contribution in [1.82, 2.24) is 25.6 Å². The Kier molecular flexibility index (Phi) is 7.28. The molecule has 1 aromatic carbocycles.